The topological polar surface area (TPSA) is 42.0 Å². The van der Waals surface area contributed by atoms with Gasteiger partial charge < -0.3 is 5.32 Å². The van der Waals surface area contributed by atoms with Gasteiger partial charge in [-0.1, -0.05) is 17.7 Å². The number of fused-ring (bicyclic) bond motifs is 1. The number of halogens is 2. The molecule has 116 valence electrons. The number of nitrogens with one attached hydrogen (secondary N) is 1. The van der Waals surface area contributed by atoms with Gasteiger partial charge in [0.05, 0.1) is 16.8 Å². The molecule has 0 aliphatic rings. The van der Waals surface area contributed by atoms with Crippen LogP contribution in [-0.2, 0) is 0 Å². The molecule has 3 aromatic rings. The number of hydrogen-bond donors (Lipinski definition) is 1. The molecule has 1 heterocycles. The fraction of sp³-hybridized carbons (Fsp3) is 0.111. The summed E-state index contributed by atoms with van der Waals surface area (Å²) in [6.45, 7) is 3.63. The first-order valence-corrected chi connectivity index (χ1v) is 7.46. The number of carbonyl (C=O) groups is 1. The van der Waals surface area contributed by atoms with E-state index in [0.29, 0.717) is 32.9 Å². The summed E-state index contributed by atoms with van der Waals surface area (Å²) in [6.07, 6.45) is 0. The van der Waals surface area contributed by atoms with Crippen LogP contribution in [0.3, 0.4) is 0 Å². The van der Waals surface area contributed by atoms with Gasteiger partial charge in [-0.3, -0.25) is 9.78 Å². The van der Waals surface area contributed by atoms with E-state index in [-0.39, 0.29) is 11.7 Å². The third kappa shape index (κ3) is 3.17. The second-order valence-electron chi connectivity index (χ2n) is 5.37. The van der Waals surface area contributed by atoms with Gasteiger partial charge in [0.25, 0.3) is 5.91 Å². The van der Waals surface area contributed by atoms with Gasteiger partial charge in [0.1, 0.15) is 5.82 Å². The van der Waals surface area contributed by atoms with Crippen molar-refractivity contribution in [2.45, 2.75) is 13.8 Å². The Kier molecular flexibility index (Phi) is 4.01. The summed E-state index contributed by atoms with van der Waals surface area (Å²) >= 11 is 5.97. The normalized spacial score (nSPS) is 10.8. The minimum atomic E-state index is -0.361. The van der Waals surface area contributed by atoms with Crippen molar-refractivity contribution in [2.75, 3.05) is 5.32 Å². The number of aromatic nitrogens is 1. The van der Waals surface area contributed by atoms with E-state index in [1.165, 1.54) is 12.1 Å². The van der Waals surface area contributed by atoms with E-state index < -0.39 is 0 Å². The molecule has 1 aromatic heterocycles. The summed E-state index contributed by atoms with van der Waals surface area (Å²) in [5, 5.41) is 3.96. The summed E-state index contributed by atoms with van der Waals surface area (Å²) in [5.74, 6) is -0.660. The van der Waals surface area contributed by atoms with E-state index >= 15 is 0 Å². The van der Waals surface area contributed by atoms with Crippen LogP contribution in [0.5, 0.6) is 0 Å². The highest BCUT2D eigenvalue weighted by atomic mass is 35.5. The van der Waals surface area contributed by atoms with Crippen LogP contribution in [-0.4, -0.2) is 10.9 Å². The molecular formula is C18H14ClFN2O. The Balaban J connectivity index is 2.00. The second kappa shape index (κ2) is 5.97. The zero-order valence-corrected chi connectivity index (χ0v) is 13.4. The largest absolute Gasteiger partial charge is 0.322 e. The molecule has 0 fully saturated rings. The van der Waals surface area contributed by atoms with Crippen LogP contribution in [0.25, 0.3) is 10.9 Å². The van der Waals surface area contributed by atoms with Gasteiger partial charge in [-0.05, 0) is 55.8 Å². The number of hydrogen-bond acceptors (Lipinski definition) is 2. The summed E-state index contributed by atoms with van der Waals surface area (Å²) in [4.78, 5) is 16.9. The van der Waals surface area contributed by atoms with Crippen LogP contribution in [0.15, 0.2) is 42.5 Å². The molecule has 3 nitrogen and oxygen atoms in total. The molecule has 0 saturated carbocycles. The van der Waals surface area contributed by atoms with E-state index in [1.807, 2.05) is 13.0 Å². The molecule has 0 aliphatic carbocycles. The summed E-state index contributed by atoms with van der Waals surface area (Å²) in [6, 6.07) is 11.2. The molecule has 0 atom stereocenters. The first-order chi connectivity index (χ1) is 10.9. The maximum atomic E-state index is 13.4. The Hall–Kier alpha value is -2.46. The third-order valence-corrected chi connectivity index (χ3v) is 3.89. The number of amides is 1. The molecule has 0 bridgehead atoms. The van der Waals surface area contributed by atoms with Gasteiger partial charge in [-0.25, -0.2) is 4.39 Å². The van der Waals surface area contributed by atoms with Gasteiger partial charge in [0.15, 0.2) is 0 Å². The van der Waals surface area contributed by atoms with E-state index in [2.05, 4.69) is 10.3 Å². The zero-order valence-electron chi connectivity index (χ0n) is 12.7. The van der Waals surface area contributed by atoms with E-state index in [9.17, 15) is 9.18 Å². The highest BCUT2D eigenvalue weighted by molar-refractivity contribution is 6.31. The molecule has 0 spiro atoms. The van der Waals surface area contributed by atoms with Gasteiger partial charge in [-0.15, -0.1) is 0 Å². The number of anilines is 1. The number of pyridine rings is 1. The highest BCUT2D eigenvalue weighted by Gasteiger charge is 2.13. The number of rotatable bonds is 2. The molecule has 1 amide bonds. The SMILES string of the molecule is Cc1ccc(Cl)cc1NC(=O)c1cc2cc(F)ccc2nc1C. The van der Waals surface area contributed by atoms with Crippen molar-refractivity contribution in [3.05, 3.63) is 70.1 Å². The van der Waals surface area contributed by atoms with Crippen LogP contribution < -0.4 is 5.32 Å². The van der Waals surface area contributed by atoms with Gasteiger partial charge >= 0.3 is 0 Å². The molecule has 0 aliphatic heterocycles. The van der Waals surface area contributed by atoms with Crippen molar-refractivity contribution in [1.29, 1.82) is 0 Å². The Morgan fingerprint density at radius 3 is 2.70 bits per heavy atom. The lowest BCUT2D eigenvalue weighted by atomic mass is 10.1. The van der Waals surface area contributed by atoms with E-state index in [1.54, 1.807) is 31.2 Å². The third-order valence-electron chi connectivity index (χ3n) is 3.66. The predicted octanol–water partition coefficient (Wildman–Crippen LogP) is 4.90. The lowest BCUT2D eigenvalue weighted by Crippen LogP contribution is -2.15. The molecular weight excluding hydrogens is 315 g/mol. The summed E-state index contributed by atoms with van der Waals surface area (Å²) in [5.41, 5.74) is 3.18. The Labute approximate surface area is 138 Å². The first-order valence-electron chi connectivity index (χ1n) is 7.08. The minimum Gasteiger partial charge on any atom is -0.322 e. The fourth-order valence-electron chi connectivity index (χ4n) is 2.39. The van der Waals surface area contributed by atoms with Crippen LogP contribution in [0.4, 0.5) is 10.1 Å². The molecule has 0 radical (unpaired) electrons. The van der Waals surface area contributed by atoms with Gasteiger partial charge in [-0.2, -0.15) is 0 Å². The average molecular weight is 329 g/mol. The van der Waals surface area contributed by atoms with Crippen molar-refractivity contribution in [3.8, 4) is 0 Å². The molecule has 1 N–H and O–H groups in total. The minimum absolute atomic E-state index is 0.300. The number of benzene rings is 2. The van der Waals surface area contributed by atoms with Crippen molar-refractivity contribution < 1.29 is 9.18 Å². The standard InChI is InChI=1S/C18H14ClFN2O/c1-10-3-4-13(19)9-17(10)22-18(23)15-8-12-7-14(20)5-6-16(12)21-11(15)2/h3-9H,1-2H3,(H,22,23). The zero-order chi connectivity index (χ0) is 16.6. The van der Waals surface area contributed by atoms with E-state index in [4.69, 9.17) is 11.6 Å². The molecule has 5 heteroatoms. The van der Waals surface area contributed by atoms with Gasteiger partial charge in [0, 0.05) is 16.1 Å². The smallest absolute Gasteiger partial charge is 0.257 e. The lowest BCUT2D eigenvalue weighted by Gasteiger charge is -2.11. The van der Waals surface area contributed by atoms with Crippen LogP contribution in [0.2, 0.25) is 5.02 Å². The van der Waals surface area contributed by atoms with Crippen LogP contribution in [0, 0.1) is 19.7 Å². The summed E-state index contributed by atoms with van der Waals surface area (Å²) in [7, 11) is 0. The summed E-state index contributed by atoms with van der Waals surface area (Å²) < 4.78 is 13.4. The van der Waals surface area contributed by atoms with Crippen molar-refractivity contribution in [1.82, 2.24) is 4.98 Å². The number of carbonyl (C=O) groups excluding carboxylic acids is 1. The second-order valence-corrected chi connectivity index (χ2v) is 5.81. The first kappa shape index (κ1) is 15.4. The average Bonchev–Trinajstić information content (AvgIpc) is 2.50. The lowest BCUT2D eigenvalue weighted by molar-refractivity contribution is 0.102. The highest BCUT2D eigenvalue weighted by Crippen LogP contribution is 2.23. The maximum absolute atomic E-state index is 13.4. The Morgan fingerprint density at radius 2 is 1.91 bits per heavy atom. The number of nitrogens with zero attached hydrogens (tertiary/aromatic N) is 1. The molecule has 3 rings (SSSR count). The molecule has 0 unspecified atom stereocenters. The van der Waals surface area contributed by atoms with Crippen molar-refractivity contribution in [2.24, 2.45) is 0 Å². The number of aryl methyl sites for hydroxylation is 2. The molecule has 23 heavy (non-hydrogen) atoms. The maximum Gasteiger partial charge on any atom is 0.257 e. The molecule has 0 saturated heterocycles. The van der Waals surface area contributed by atoms with Crippen LogP contribution in [0.1, 0.15) is 21.6 Å². The van der Waals surface area contributed by atoms with E-state index in [0.717, 1.165) is 5.56 Å². The van der Waals surface area contributed by atoms with Crippen molar-refractivity contribution in [3.63, 3.8) is 0 Å². The molecule has 2 aromatic carbocycles. The monoisotopic (exact) mass is 328 g/mol. The Bertz CT molecular complexity index is 924. The van der Waals surface area contributed by atoms with Gasteiger partial charge in [0.2, 0.25) is 0 Å². The quantitative estimate of drug-likeness (QED) is 0.727. The van der Waals surface area contributed by atoms with Crippen LogP contribution >= 0.6 is 11.6 Å². The Morgan fingerprint density at radius 1 is 1.13 bits per heavy atom. The predicted molar refractivity (Wildman–Crippen MR) is 90.6 cm³/mol. The fourth-order valence-corrected chi connectivity index (χ4v) is 2.56. The van der Waals surface area contributed by atoms with Crippen molar-refractivity contribution >= 4 is 34.1 Å².